The average Bonchev–Trinajstić information content (AvgIpc) is 2.90. The zero-order chi connectivity index (χ0) is 13.2. The number of anilines is 3. The second kappa shape index (κ2) is 5.21. The van der Waals surface area contributed by atoms with Gasteiger partial charge in [0, 0.05) is 17.9 Å². The van der Waals surface area contributed by atoms with Crippen LogP contribution in [0.15, 0.2) is 12.1 Å². The number of benzene rings is 1. The van der Waals surface area contributed by atoms with E-state index >= 15 is 0 Å². The quantitative estimate of drug-likeness (QED) is 0.737. The summed E-state index contributed by atoms with van der Waals surface area (Å²) in [6.07, 6.45) is 2.54. The third-order valence-electron chi connectivity index (χ3n) is 3.33. The summed E-state index contributed by atoms with van der Waals surface area (Å²) in [6.45, 7) is 0.959. The van der Waals surface area contributed by atoms with Crippen molar-refractivity contribution >= 4 is 34.7 Å². The minimum Gasteiger partial charge on any atom is -0.482 e. The fourth-order valence-corrected chi connectivity index (χ4v) is 3.53. The molecule has 0 spiro atoms. The summed E-state index contributed by atoms with van der Waals surface area (Å²) in [7, 11) is 0. The third-order valence-corrected chi connectivity index (χ3v) is 4.73. The Hall–Kier alpha value is -1.56. The van der Waals surface area contributed by atoms with Crippen molar-refractivity contribution in [2.24, 2.45) is 0 Å². The molecule has 0 aliphatic carbocycles. The molecule has 0 bridgehead atoms. The average molecular weight is 279 g/mol. The molecule has 1 saturated heterocycles. The van der Waals surface area contributed by atoms with Crippen LogP contribution in [0, 0.1) is 0 Å². The van der Waals surface area contributed by atoms with Gasteiger partial charge in [-0.15, -0.1) is 0 Å². The Bertz CT molecular complexity index is 501. The number of rotatable bonds is 3. The van der Waals surface area contributed by atoms with Crippen LogP contribution < -0.4 is 21.1 Å². The smallest absolute Gasteiger partial charge is 0.262 e. The predicted octanol–water partition coefficient (Wildman–Crippen LogP) is 1.91. The zero-order valence-corrected chi connectivity index (χ0v) is 11.4. The van der Waals surface area contributed by atoms with Gasteiger partial charge in [-0.2, -0.15) is 11.8 Å². The van der Waals surface area contributed by atoms with E-state index in [1.165, 1.54) is 18.6 Å². The van der Waals surface area contributed by atoms with Gasteiger partial charge in [-0.3, -0.25) is 4.79 Å². The second-order valence-electron chi connectivity index (χ2n) is 4.79. The van der Waals surface area contributed by atoms with Crippen LogP contribution in [0.4, 0.5) is 17.1 Å². The van der Waals surface area contributed by atoms with Crippen molar-refractivity contribution in [2.45, 2.75) is 18.1 Å². The van der Waals surface area contributed by atoms with Crippen molar-refractivity contribution < 1.29 is 9.53 Å². The number of nitrogens with two attached hydrogens (primary N) is 1. The number of hydrogen-bond acceptors (Lipinski definition) is 5. The maximum Gasteiger partial charge on any atom is 0.262 e. The minimum atomic E-state index is -0.130. The number of thioether (sulfide) groups is 1. The van der Waals surface area contributed by atoms with Crippen LogP contribution in [-0.2, 0) is 4.79 Å². The fourth-order valence-electron chi connectivity index (χ4n) is 2.32. The molecule has 3 rings (SSSR count). The molecule has 1 amide bonds. The van der Waals surface area contributed by atoms with Crippen molar-refractivity contribution in [1.29, 1.82) is 0 Å². The Labute approximate surface area is 116 Å². The highest BCUT2D eigenvalue weighted by molar-refractivity contribution is 8.00. The predicted molar refractivity (Wildman–Crippen MR) is 78.9 cm³/mol. The number of ether oxygens (including phenoxy) is 1. The summed E-state index contributed by atoms with van der Waals surface area (Å²) in [5, 5.41) is 6.81. The van der Waals surface area contributed by atoms with Gasteiger partial charge in [0.2, 0.25) is 0 Å². The molecule has 6 heteroatoms. The van der Waals surface area contributed by atoms with Gasteiger partial charge in [-0.1, -0.05) is 0 Å². The number of amides is 1. The monoisotopic (exact) mass is 279 g/mol. The standard InChI is InChI=1S/C13H17N3O2S/c14-9-4-12-11(16-13(17)7-18-12)5-10(9)15-6-8-2-1-3-19-8/h4-5,8,15H,1-3,6-7,14H2,(H,16,17). The minimum absolute atomic E-state index is 0.0535. The molecule has 2 aliphatic heterocycles. The highest BCUT2D eigenvalue weighted by atomic mass is 32.2. The maximum atomic E-state index is 11.3. The van der Waals surface area contributed by atoms with Gasteiger partial charge in [0.15, 0.2) is 6.61 Å². The van der Waals surface area contributed by atoms with E-state index in [9.17, 15) is 4.79 Å². The van der Waals surface area contributed by atoms with Crippen LogP contribution in [0.25, 0.3) is 0 Å². The SMILES string of the molecule is Nc1cc2c(cc1NCC1CCCS1)NC(=O)CO2. The molecule has 1 atom stereocenters. The number of fused-ring (bicyclic) bond motifs is 1. The molecule has 4 N–H and O–H groups in total. The van der Waals surface area contributed by atoms with Crippen molar-refractivity contribution in [3.05, 3.63) is 12.1 Å². The molecular weight excluding hydrogens is 262 g/mol. The number of carbonyl (C=O) groups is 1. The van der Waals surface area contributed by atoms with Crippen molar-refractivity contribution in [1.82, 2.24) is 0 Å². The lowest BCUT2D eigenvalue weighted by Gasteiger charge is -2.21. The molecule has 0 saturated carbocycles. The van der Waals surface area contributed by atoms with Crippen LogP contribution in [0.5, 0.6) is 5.75 Å². The Balaban J connectivity index is 1.73. The molecule has 0 radical (unpaired) electrons. The Kier molecular flexibility index (Phi) is 3.42. The van der Waals surface area contributed by atoms with Crippen LogP contribution in [0.1, 0.15) is 12.8 Å². The highest BCUT2D eigenvalue weighted by Gasteiger charge is 2.19. The fraction of sp³-hybridized carbons (Fsp3) is 0.462. The first kappa shape index (κ1) is 12.5. The lowest BCUT2D eigenvalue weighted by atomic mass is 10.2. The number of carbonyl (C=O) groups excluding carboxylic acids is 1. The topological polar surface area (TPSA) is 76.4 Å². The van der Waals surface area contributed by atoms with Gasteiger partial charge in [-0.25, -0.2) is 0 Å². The van der Waals surface area contributed by atoms with Gasteiger partial charge in [0.25, 0.3) is 5.91 Å². The van der Waals surface area contributed by atoms with E-state index in [0.717, 1.165) is 12.2 Å². The molecule has 102 valence electrons. The van der Waals surface area contributed by atoms with E-state index in [1.54, 1.807) is 6.07 Å². The first-order chi connectivity index (χ1) is 9.22. The van der Waals surface area contributed by atoms with Crippen LogP contribution >= 0.6 is 11.8 Å². The van der Waals surface area contributed by atoms with E-state index in [-0.39, 0.29) is 12.5 Å². The molecule has 1 unspecified atom stereocenters. The van der Waals surface area contributed by atoms with Crippen molar-refractivity contribution in [3.63, 3.8) is 0 Å². The molecule has 2 heterocycles. The molecular formula is C13H17N3O2S. The number of hydrogen-bond donors (Lipinski definition) is 3. The summed E-state index contributed by atoms with van der Waals surface area (Å²) in [5.74, 6) is 1.75. The molecule has 1 fully saturated rings. The van der Waals surface area contributed by atoms with Gasteiger partial charge in [0.1, 0.15) is 5.75 Å². The van der Waals surface area contributed by atoms with Gasteiger partial charge in [-0.05, 0) is 24.7 Å². The molecule has 19 heavy (non-hydrogen) atoms. The summed E-state index contributed by atoms with van der Waals surface area (Å²) >= 11 is 2.00. The van der Waals surface area contributed by atoms with Crippen molar-refractivity contribution in [2.75, 3.05) is 35.3 Å². The number of nitrogens with one attached hydrogen (secondary N) is 2. The first-order valence-corrected chi connectivity index (χ1v) is 7.49. The van der Waals surface area contributed by atoms with E-state index < -0.39 is 0 Å². The Morgan fingerprint density at radius 1 is 1.53 bits per heavy atom. The second-order valence-corrected chi connectivity index (χ2v) is 6.20. The third kappa shape index (κ3) is 2.73. The van der Waals surface area contributed by atoms with Crippen LogP contribution in [0.3, 0.4) is 0 Å². The first-order valence-electron chi connectivity index (χ1n) is 6.44. The lowest BCUT2D eigenvalue weighted by molar-refractivity contribution is -0.118. The van der Waals surface area contributed by atoms with E-state index in [4.69, 9.17) is 10.5 Å². The Morgan fingerprint density at radius 3 is 3.21 bits per heavy atom. The Morgan fingerprint density at radius 2 is 2.42 bits per heavy atom. The number of nitrogen functional groups attached to an aromatic ring is 1. The molecule has 1 aromatic carbocycles. The normalized spacial score (nSPS) is 21.5. The van der Waals surface area contributed by atoms with E-state index in [0.29, 0.717) is 22.4 Å². The highest BCUT2D eigenvalue weighted by Crippen LogP contribution is 2.35. The van der Waals surface area contributed by atoms with Crippen molar-refractivity contribution in [3.8, 4) is 5.75 Å². The van der Waals surface area contributed by atoms with E-state index in [2.05, 4.69) is 10.6 Å². The lowest BCUT2D eigenvalue weighted by Crippen LogP contribution is -2.25. The van der Waals surface area contributed by atoms with Crippen LogP contribution in [0.2, 0.25) is 0 Å². The maximum absolute atomic E-state index is 11.3. The zero-order valence-electron chi connectivity index (χ0n) is 10.6. The summed E-state index contributed by atoms with van der Waals surface area (Å²) in [6, 6.07) is 3.61. The summed E-state index contributed by atoms with van der Waals surface area (Å²) < 4.78 is 5.33. The van der Waals surface area contributed by atoms with E-state index in [1.807, 2.05) is 17.8 Å². The molecule has 0 aromatic heterocycles. The molecule has 5 nitrogen and oxygen atoms in total. The largest absolute Gasteiger partial charge is 0.482 e. The van der Waals surface area contributed by atoms with Crippen LogP contribution in [-0.4, -0.2) is 30.1 Å². The molecule has 2 aliphatic rings. The van der Waals surface area contributed by atoms with Gasteiger partial charge >= 0.3 is 0 Å². The molecule has 1 aromatic rings. The summed E-state index contributed by atoms with van der Waals surface area (Å²) in [4.78, 5) is 11.3. The van der Waals surface area contributed by atoms with Gasteiger partial charge in [0.05, 0.1) is 17.1 Å². The van der Waals surface area contributed by atoms with Gasteiger partial charge < -0.3 is 21.1 Å². The summed E-state index contributed by atoms with van der Waals surface area (Å²) in [5.41, 5.74) is 8.20.